The fraction of sp³-hybridized carbons (Fsp3) is 0.517. The molecule has 0 spiro atoms. The van der Waals surface area contributed by atoms with Crippen molar-refractivity contribution in [1.82, 2.24) is 14.9 Å². The van der Waals surface area contributed by atoms with Crippen molar-refractivity contribution in [1.29, 1.82) is 0 Å². The third kappa shape index (κ3) is 5.79. The lowest BCUT2D eigenvalue weighted by molar-refractivity contribution is 0.0167. The Morgan fingerprint density at radius 2 is 1.89 bits per heavy atom. The van der Waals surface area contributed by atoms with Crippen molar-refractivity contribution in [3.63, 3.8) is 0 Å². The molecule has 1 aliphatic heterocycles. The van der Waals surface area contributed by atoms with Crippen LogP contribution < -0.4 is 14.8 Å². The summed E-state index contributed by atoms with van der Waals surface area (Å²) < 4.78 is 40.2. The lowest BCUT2D eigenvalue weighted by Gasteiger charge is -2.28. The predicted molar refractivity (Wildman–Crippen MR) is 144 cm³/mol. The van der Waals surface area contributed by atoms with Gasteiger partial charge in [-0.3, -0.25) is 4.90 Å². The molecule has 6 nitrogen and oxygen atoms in total. The standard InChI is InChI=1S/C29H38F2N4O2/c1-17(2)35-13-9-10-21(35)16-37-27-14-23-25(15-26(27)36-7)33-20(5)34-28(23)32-19(4)22-11-8-12-24(18(22)3)29(6,30)31/h8,11-12,14-15,17,19,21H,9-10,13,16H2,1-7H3,(H,32,33,34)/t19-,21+/m1/s1. The van der Waals surface area contributed by atoms with Gasteiger partial charge in [0.05, 0.1) is 18.7 Å². The molecular formula is C29H38F2N4O2. The zero-order valence-corrected chi connectivity index (χ0v) is 22.9. The highest BCUT2D eigenvalue weighted by Crippen LogP contribution is 2.37. The van der Waals surface area contributed by atoms with Crippen LogP contribution in [0.2, 0.25) is 0 Å². The van der Waals surface area contributed by atoms with E-state index in [1.165, 1.54) is 12.5 Å². The highest BCUT2D eigenvalue weighted by atomic mass is 19.3. The first kappa shape index (κ1) is 27.0. The third-order valence-corrected chi connectivity index (χ3v) is 7.28. The van der Waals surface area contributed by atoms with Gasteiger partial charge in [0.25, 0.3) is 5.92 Å². The molecule has 0 amide bonds. The maximum atomic E-state index is 14.1. The number of rotatable bonds is 9. The van der Waals surface area contributed by atoms with Crippen LogP contribution >= 0.6 is 0 Å². The largest absolute Gasteiger partial charge is 0.493 e. The van der Waals surface area contributed by atoms with Crippen molar-refractivity contribution in [2.75, 3.05) is 25.6 Å². The number of halogens is 2. The normalized spacial score (nSPS) is 17.4. The number of likely N-dealkylation sites (tertiary alicyclic amines) is 1. The summed E-state index contributed by atoms with van der Waals surface area (Å²) in [5.74, 6) is -0.433. The van der Waals surface area contributed by atoms with Gasteiger partial charge < -0.3 is 14.8 Å². The Bertz CT molecular complexity index is 1260. The lowest BCUT2D eigenvalue weighted by atomic mass is 9.94. The average Bonchev–Trinajstić information content (AvgIpc) is 3.30. The van der Waals surface area contributed by atoms with Crippen LogP contribution in [0.4, 0.5) is 14.6 Å². The number of methoxy groups -OCH3 is 1. The second-order valence-electron chi connectivity index (χ2n) is 10.4. The molecule has 1 aliphatic rings. The van der Waals surface area contributed by atoms with Crippen LogP contribution in [0.25, 0.3) is 10.9 Å². The third-order valence-electron chi connectivity index (χ3n) is 7.28. The first-order valence-corrected chi connectivity index (χ1v) is 13.0. The molecule has 8 heteroatoms. The van der Waals surface area contributed by atoms with Gasteiger partial charge in [-0.25, -0.2) is 18.7 Å². The highest BCUT2D eigenvalue weighted by molar-refractivity contribution is 5.92. The summed E-state index contributed by atoms with van der Waals surface area (Å²) >= 11 is 0. The van der Waals surface area contributed by atoms with Gasteiger partial charge >= 0.3 is 0 Å². The number of benzene rings is 2. The average molecular weight is 513 g/mol. The van der Waals surface area contributed by atoms with Crippen LogP contribution in [0.1, 0.15) is 69.1 Å². The first-order chi connectivity index (χ1) is 17.5. The second-order valence-corrected chi connectivity index (χ2v) is 10.4. The molecule has 0 saturated carbocycles. The number of aryl methyl sites for hydroxylation is 1. The van der Waals surface area contributed by atoms with Gasteiger partial charge in [-0.15, -0.1) is 0 Å². The summed E-state index contributed by atoms with van der Waals surface area (Å²) in [7, 11) is 1.62. The van der Waals surface area contributed by atoms with Gasteiger partial charge in [-0.05, 0) is 71.2 Å². The summed E-state index contributed by atoms with van der Waals surface area (Å²) in [5.41, 5.74) is 2.12. The van der Waals surface area contributed by atoms with Gasteiger partial charge in [-0.2, -0.15) is 0 Å². The summed E-state index contributed by atoms with van der Waals surface area (Å²) in [5, 5.41) is 4.23. The minimum atomic E-state index is -2.91. The van der Waals surface area contributed by atoms with Gasteiger partial charge in [0.15, 0.2) is 11.5 Å². The number of ether oxygens (including phenoxy) is 2. The molecular weight excluding hydrogens is 474 g/mol. The van der Waals surface area contributed by atoms with Gasteiger partial charge in [0.1, 0.15) is 18.2 Å². The Morgan fingerprint density at radius 3 is 2.57 bits per heavy atom. The molecule has 2 heterocycles. The Labute approximate surface area is 218 Å². The predicted octanol–water partition coefficient (Wildman–Crippen LogP) is 6.79. The number of hydrogen-bond acceptors (Lipinski definition) is 6. The van der Waals surface area contributed by atoms with Crippen molar-refractivity contribution in [2.24, 2.45) is 0 Å². The van der Waals surface area contributed by atoms with Crippen LogP contribution in [0.5, 0.6) is 11.5 Å². The Kier molecular flexibility index (Phi) is 7.88. The number of aromatic nitrogens is 2. The second kappa shape index (κ2) is 10.8. The van der Waals surface area contributed by atoms with E-state index in [2.05, 4.69) is 34.0 Å². The lowest BCUT2D eigenvalue weighted by Crippen LogP contribution is -2.39. The summed E-state index contributed by atoms with van der Waals surface area (Å²) in [6.45, 7) is 12.5. The number of nitrogens with zero attached hydrogens (tertiary/aromatic N) is 3. The summed E-state index contributed by atoms with van der Waals surface area (Å²) in [4.78, 5) is 11.7. The molecule has 0 radical (unpaired) electrons. The fourth-order valence-corrected chi connectivity index (χ4v) is 5.42. The smallest absolute Gasteiger partial charge is 0.270 e. The summed E-state index contributed by atoms with van der Waals surface area (Å²) in [6.07, 6.45) is 2.28. The molecule has 0 unspecified atom stereocenters. The van der Waals surface area contributed by atoms with E-state index in [4.69, 9.17) is 9.47 Å². The minimum Gasteiger partial charge on any atom is -0.493 e. The molecule has 1 saturated heterocycles. The topological polar surface area (TPSA) is 59.5 Å². The number of anilines is 1. The molecule has 4 rings (SSSR count). The fourth-order valence-electron chi connectivity index (χ4n) is 5.42. The van der Waals surface area contributed by atoms with Crippen LogP contribution in [0.15, 0.2) is 30.3 Å². The van der Waals surface area contributed by atoms with E-state index < -0.39 is 5.92 Å². The molecule has 200 valence electrons. The SMILES string of the molecule is COc1cc2nc(C)nc(N[C@H](C)c3cccc(C(C)(F)F)c3C)c2cc1OC[C@@H]1CCCN1C(C)C. The quantitative estimate of drug-likeness (QED) is 0.341. The van der Waals surface area contributed by atoms with Crippen LogP contribution in [0.3, 0.4) is 0 Å². The maximum absolute atomic E-state index is 14.1. The van der Waals surface area contributed by atoms with Crippen LogP contribution in [-0.2, 0) is 5.92 Å². The number of nitrogens with one attached hydrogen (secondary N) is 1. The summed E-state index contributed by atoms with van der Waals surface area (Å²) in [6, 6.07) is 9.39. The monoisotopic (exact) mass is 512 g/mol. The van der Waals surface area contributed by atoms with Crippen molar-refractivity contribution >= 4 is 16.7 Å². The minimum absolute atomic E-state index is 0.0325. The van der Waals surface area contributed by atoms with E-state index in [-0.39, 0.29) is 11.6 Å². The highest BCUT2D eigenvalue weighted by Gasteiger charge is 2.29. The van der Waals surface area contributed by atoms with E-state index in [9.17, 15) is 8.78 Å². The molecule has 1 N–H and O–H groups in total. The molecule has 2 aromatic carbocycles. The van der Waals surface area contributed by atoms with Crippen molar-refractivity contribution < 1.29 is 18.3 Å². The Hall–Kier alpha value is -3.00. The number of hydrogen-bond donors (Lipinski definition) is 1. The number of fused-ring (bicyclic) bond motifs is 1. The van der Waals surface area contributed by atoms with Crippen LogP contribution in [0, 0.1) is 13.8 Å². The van der Waals surface area contributed by atoms with E-state index in [0.29, 0.717) is 47.4 Å². The van der Waals surface area contributed by atoms with Crippen molar-refractivity contribution in [2.45, 2.75) is 78.4 Å². The molecule has 2 atom stereocenters. The molecule has 0 bridgehead atoms. The van der Waals surface area contributed by atoms with E-state index in [1.54, 1.807) is 20.1 Å². The van der Waals surface area contributed by atoms with Crippen LogP contribution in [-0.4, -0.2) is 47.2 Å². The van der Waals surface area contributed by atoms with E-state index in [1.807, 2.05) is 32.0 Å². The van der Waals surface area contributed by atoms with Gasteiger partial charge in [-0.1, -0.05) is 18.2 Å². The van der Waals surface area contributed by atoms with Crippen molar-refractivity contribution in [3.05, 3.63) is 52.8 Å². The maximum Gasteiger partial charge on any atom is 0.270 e. The Morgan fingerprint density at radius 1 is 1.14 bits per heavy atom. The molecule has 0 aliphatic carbocycles. The van der Waals surface area contributed by atoms with E-state index in [0.717, 1.165) is 36.4 Å². The van der Waals surface area contributed by atoms with Gasteiger partial charge in [0.2, 0.25) is 0 Å². The molecule has 1 aromatic heterocycles. The molecule has 1 fully saturated rings. The molecule has 37 heavy (non-hydrogen) atoms. The van der Waals surface area contributed by atoms with Gasteiger partial charge in [0, 0.05) is 36.0 Å². The zero-order valence-electron chi connectivity index (χ0n) is 22.9. The van der Waals surface area contributed by atoms with Crippen molar-refractivity contribution in [3.8, 4) is 11.5 Å². The zero-order chi connectivity index (χ0) is 26.9. The molecule has 3 aromatic rings. The Balaban J connectivity index is 1.66. The van der Waals surface area contributed by atoms with E-state index >= 15 is 0 Å². The number of alkyl halides is 2. The first-order valence-electron chi connectivity index (χ1n) is 13.0.